The number of phenolic OH excluding ortho intramolecular Hbond substituents is 1. The number of anilines is 1. The Balaban J connectivity index is 1.90. The summed E-state index contributed by atoms with van der Waals surface area (Å²) in [6, 6.07) is 10.1. The molecule has 8 heteroatoms. The van der Waals surface area contributed by atoms with Crippen molar-refractivity contribution in [1.29, 1.82) is 0 Å². The van der Waals surface area contributed by atoms with Crippen molar-refractivity contribution in [2.45, 2.75) is 6.92 Å². The maximum absolute atomic E-state index is 12.3. The fraction of sp³-hybridized carbons (Fsp3) is 0.0667. The van der Waals surface area contributed by atoms with E-state index in [-0.39, 0.29) is 11.3 Å². The van der Waals surface area contributed by atoms with Gasteiger partial charge in [0.2, 0.25) is 0 Å². The number of rotatable bonds is 3. The van der Waals surface area contributed by atoms with E-state index in [0.29, 0.717) is 10.2 Å². The number of carbonyl (C=O) groups excluding carboxylic acids is 1. The van der Waals surface area contributed by atoms with Crippen molar-refractivity contribution in [3.8, 4) is 11.4 Å². The lowest BCUT2D eigenvalue weighted by Gasteiger charge is -2.10. The number of nitrogens with one attached hydrogen (secondary N) is 1. The Bertz CT molecular complexity index is 864. The van der Waals surface area contributed by atoms with Gasteiger partial charge in [0.1, 0.15) is 12.1 Å². The molecule has 0 saturated heterocycles. The van der Waals surface area contributed by atoms with E-state index in [2.05, 4.69) is 36.8 Å². The second-order valence-corrected chi connectivity index (χ2v) is 5.79. The summed E-state index contributed by atoms with van der Waals surface area (Å²) < 4.78 is 2.22. The fourth-order valence-corrected chi connectivity index (χ4v) is 2.46. The molecule has 0 radical (unpaired) electrons. The summed E-state index contributed by atoms with van der Waals surface area (Å²) in [5.74, 6) is -0.492. The summed E-state index contributed by atoms with van der Waals surface area (Å²) in [6.07, 6.45) is 1.48. The molecule has 23 heavy (non-hydrogen) atoms. The molecule has 0 atom stereocenters. The topological polar surface area (TPSA) is 92.9 Å². The van der Waals surface area contributed by atoms with Crippen LogP contribution in [0.1, 0.15) is 15.9 Å². The summed E-state index contributed by atoms with van der Waals surface area (Å²) >= 11 is 3.28. The van der Waals surface area contributed by atoms with Crippen LogP contribution in [0.15, 0.2) is 47.2 Å². The van der Waals surface area contributed by atoms with E-state index in [1.165, 1.54) is 17.1 Å². The normalized spacial score (nSPS) is 10.5. The largest absolute Gasteiger partial charge is 0.507 e. The van der Waals surface area contributed by atoms with Gasteiger partial charge in [0, 0.05) is 10.2 Å². The second kappa shape index (κ2) is 6.17. The first-order chi connectivity index (χ1) is 11.0. The van der Waals surface area contributed by atoms with Gasteiger partial charge >= 0.3 is 0 Å². The molecule has 0 saturated carbocycles. The van der Waals surface area contributed by atoms with Crippen molar-refractivity contribution in [3.63, 3.8) is 0 Å². The molecule has 0 aliphatic heterocycles. The molecule has 2 N–H and O–H groups in total. The maximum Gasteiger partial charge on any atom is 0.259 e. The van der Waals surface area contributed by atoms with Crippen LogP contribution in [-0.4, -0.2) is 31.2 Å². The quantitative estimate of drug-likeness (QED) is 0.735. The van der Waals surface area contributed by atoms with Crippen LogP contribution in [0, 0.1) is 6.92 Å². The van der Waals surface area contributed by atoms with Gasteiger partial charge < -0.3 is 10.4 Å². The Morgan fingerprint density at radius 2 is 2.09 bits per heavy atom. The van der Waals surface area contributed by atoms with Crippen LogP contribution in [0.5, 0.6) is 5.75 Å². The second-order valence-electron chi connectivity index (χ2n) is 4.87. The summed E-state index contributed by atoms with van der Waals surface area (Å²) in [4.78, 5) is 12.3. The van der Waals surface area contributed by atoms with Crippen LogP contribution in [0.25, 0.3) is 5.69 Å². The minimum Gasteiger partial charge on any atom is -0.507 e. The number of halogens is 1. The van der Waals surface area contributed by atoms with E-state index < -0.39 is 5.91 Å². The number of aryl methyl sites for hydroxylation is 1. The summed E-state index contributed by atoms with van der Waals surface area (Å²) in [7, 11) is 0. The summed E-state index contributed by atoms with van der Waals surface area (Å²) in [6.45, 7) is 1.92. The lowest BCUT2D eigenvalue weighted by atomic mass is 10.1. The highest BCUT2D eigenvalue weighted by Crippen LogP contribution is 2.24. The Morgan fingerprint density at radius 1 is 1.26 bits per heavy atom. The van der Waals surface area contributed by atoms with Crippen LogP contribution < -0.4 is 5.32 Å². The minimum absolute atomic E-state index is 0.0847. The van der Waals surface area contributed by atoms with Crippen molar-refractivity contribution in [2.75, 3.05) is 5.32 Å². The Hall–Kier alpha value is -2.74. The van der Waals surface area contributed by atoms with Crippen molar-refractivity contribution in [1.82, 2.24) is 20.2 Å². The SMILES string of the molecule is Cc1ccc(NC(=O)c2cc(Br)ccc2O)cc1-n1cnnn1. The predicted octanol–water partition coefficient (Wildman–Crippen LogP) is 2.69. The third-order valence-corrected chi connectivity index (χ3v) is 3.76. The van der Waals surface area contributed by atoms with E-state index in [1.54, 1.807) is 24.3 Å². The van der Waals surface area contributed by atoms with Crippen LogP contribution in [-0.2, 0) is 0 Å². The molecule has 0 aliphatic rings. The zero-order chi connectivity index (χ0) is 16.4. The zero-order valence-electron chi connectivity index (χ0n) is 12.1. The van der Waals surface area contributed by atoms with Crippen molar-refractivity contribution in [2.24, 2.45) is 0 Å². The van der Waals surface area contributed by atoms with Gasteiger partial charge in [-0.05, 0) is 53.2 Å². The van der Waals surface area contributed by atoms with Crippen LogP contribution >= 0.6 is 15.9 Å². The standard InChI is InChI=1S/C15H12BrN5O2/c1-9-2-4-11(7-13(9)21-8-17-19-20-21)18-15(23)12-6-10(16)3-5-14(12)22/h2-8,22H,1H3,(H,18,23). The highest BCUT2D eigenvalue weighted by atomic mass is 79.9. The first kappa shape index (κ1) is 15.2. The molecule has 1 amide bonds. The number of hydrogen-bond donors (Lipinski definition) is 2. The van der Waals surface area contributed by atoms with Gasteiger partial charge in [0.15, 0.2) is 0 Å². The Kier molecular flexibility index (Phi) is 4.07. The van der Waals surface area contributed by atoms with Crippen molar-refractivity contribution >= 4 is 27.5 Å². The molecule has 0 aliphatic carbocycles. The molecule has 116 valence electrons. The van der Waals surface area contributed by atoms with Gasteiger partial charge in [-0.3, -0.25) is 4.79 Å². The Labute approximate surface area is 140 Å². The summed E-state index contributed by atoms with van der Waals surface area (Å²) in [5.41, 5.74) is 2.47. The molecule has 0 bridgehead atoms. The number of phenols is 1. The average Bonchev–Trinajstić information content (AvgIpc) is 3.05. The van der Waals surface area contributed by atoms with Crippen molar-refractivity contribution in [3.05, 3.63) is 58.3 Å². The van der Waals surface area contributed by atoms with E-state index in [4.69, 9.17) is 0 Å². The van der Waals surface area contributed by atoms with Crippen LogP contribution in [0.4, 0.5) is 5.69 Å². The molecule has 0 spiro atoms. The Morgan fingerprint density at radius 3 is 2.83 bits per heavy atom. The van der Waals surface area contributed by atoms with Crippen molar-refractivity contribution < 1.29 is 9.90 Å². The maximum atomic E-state index is 12.3. The van der Waals surface area contributed by atoms with Gasteiger partial charge in [-0.15, -0.1) is 5.10 Å². The lowest BCUT2D eigenvalue weighted by Crippen LogP contribution is -2.12. The number of benzene rings is 2. The first-order valence-electron chi connectivity index (χ1n) is 6.68. The summed E-state index contributed by atoms with van der Waals surface area (Å²) in [5, 5.41) is 23.6. The van der Waals surface area contributed by atoms with Gasteiger partial charge in [0.25, 0.3) is 5.91 Å². The number of tetrazole rings is 1. The van der Waals surface area contributed by atoms with Gasteiger partial charge in [0.05, 0.1) is 11.3 Å². The molecule has 1 aromatic heterocycles. The average molecular weight is 374 g/mol. The van der Waals surface area contributed by atoms with Crippen LogP contribution in [0.3, 0.4) is 0 Å². The zero-order valence-corrected chi connectivity index (χ0v) is 13.6. The number of aromatic nitrogens is 4. The molecule has 7 nitrogen and oxygen atoms in total. The fourth-order valence-electron chi connectivity index (χ4n) is 2.09. The number of nitrogens with zero attached hydrogens (tertiary/aromatic N) is 4. The first-order valence-corrected chi connectivity index (χ1v) is 7.48. The number of amides is 1. The third-order valence-electron chi connectivity index (χ3n) is 3.27. The van der Waals surface area contributed by atoms with E-state index >= 15 is 0 Å². The molecule has 0 unspecified atom stereocenters. The monoisotopic (exact) mass is 373 g/mol. The number of aromatic hydroxyl groups is 1. The third kappa shape index (κ3) is 3.21. The van der Waals surface area contributed by atoms with Gasteiger partial charge in [-0.2, -0.15) is 0 Å². The highest BCUT2D eigenvalue weighted by Gasteiger charge is 2.13. The van der Waals surface area contributed by atoms with E-state index in [1.807, 2.05) is 13.0 Å². The van der Waals surface area contributed by atoms with Crippen LogP contribution in [0.2, 0.25) is 0 Å². The molecule has 1 heterocycles. The molecule has 3 aromatic rings. The molecule has 0 fully saturated rings. The lowest BCUT2D eigenvalue weighted by molar-refractivity contribution is 0.102. The number of carbonyl (C=O) groups is 1. The number of hydrogen-bond acceptors (Lipinski definition) is 5. The highest BCUT2D eigenvalue weighted by molar-refractivity contribution is 9.10. The molecule has 3 rings (SSSR count). The molecular formula is C15H12BrN5O2. The minimum atomic E-state index is -0.407. The molecular weight excluding hydrogens is 362 g/mol. The van der Waals surface area contributed by atoms with E-state index in [0.717, 1.165) is 11.3 Å². The smallest absolute Gasteiger partial charge is 0.259 e. The van der Waals surface area contributed by atoms with Gasteiger partial charge in [-0.25, -0.2) is 4.68 Å². The van der Waals surface area contributed by atoms with Gasteiger partial charge in [-0.1, -0.05) is 22.0 Å². The molecule has 2 aromatic carbocycles. The predicted molar refractivity (Wildman–Crippen MR) is 87.7 cm³/mol. The van der Waals surface area contributed by atoms with E-state index in [9.17, 15) is 9.90 Å².